The largest absolute Gasteiger partial charge is 0.598 e. The third kappa shape index (κ3) is 10.5. The van der Waals surface area contributed by atoms with Gasteiger partial charge in [-0.15, -0.1) is 10.6 Å². The fraction of sp³-hybridized carbons (Fsp3) is 0.800. The van der Waals surface area contributed by atoms with Gasteiger partial charge in [-0.25, -0.2) is 4.79 Å². The highest BCUT2D eigenvalue weighted by atomic mass is 32.2. The summed E-state index contributed by atoms with van der Waals surface area (Å²) >= 11 is -1.20. The number of amides is 1. The second-order valence-corrected chi connectivity index (χ2v) is 8.66. The van der Waals surface area contributed by atoms with Crippen molar-refractivity contribution in [1.82, 2.24) is 10.0 Å². The molecule has 0 aliphatic rings. The van der Waals surface area contributed by atoms with Gasteiger partial charge in [-0.05, 0) is 54.9 Å². The highest BCUT2D eigenvalue weighted by Gasteiger charge is 2.28. The van der Waals surface area contributed by atoms with Gasteiger partial charge in [0.05, 0.1) is 0 Å². The fourth-order valence-electron chi connectivity index (χ4n) is 1.27. The first-order chi connectivity index (χ1) is 9.45. The van der Waals surface area contributed by atoms with Crippen LogP contribution in [0.4, 0.5) is 4.79 Å². The molecular formula is C15H28N2O3S. The van der Waals surface area contributed by atoms with Gasteiger partial charge in [0.25, 0.3) is 0 Å². The van der Waals surface area contributed by atoms with Gasteiger partial charge in [0.2, 0.25) is 0 Å². The van der Waals surface area contributed by atoms with Crippen molar-refractivity contribution in [2.45, 2.75) is 71.3 Å². The molecule has 0 spiro atoms. The lowest BCUT2D eigenvalue weighted by Gasteiger charge is -2.26. The molecule has 0 aromatic carbocycles. The number of hydrogen-bond acceptors (Lipinski definition) is 4. The summed E-state index contributed by atoms with van der Waals surface area (Å²) in [6, 6.07) is -0.231. The van der Waals surface area contributed by atoms with Crippen LogP contribution in [0.1, 0.15) is 54.9 Å². The minimum Gasteiger partial charge on any atom is -0.598 e. The monoisotopic (exact) mass is 316 g/mol. The van der Waals surface area contributed by atoms with Crippen molar-refractivity contribution in [2.24, 2.45) is 0 Å². The molecular weight excluding hydrogens is 288 g/mol. The molecule has 0 aromatic rings. The topological polar surface area (TPSA) is 73.4 Å². The zero-order chi connectivity index (χ0) is 16.7. The van der Waals surface area contributed by atoms with Crippen molar-refractivity contribution in [3.8, 4) is 11.8 Å². The predicted molar refractivity (Wildman–Crippen MR) is 87.1 cm³/mol. The lowest BCUT2D eigenvalue weighted by Crippen LogP contribution is -2.45. The Morgan fingerprint density at radius 1 is 1.29 bits per heavy atom. The van der Waals surface area contributed by atoms with E-state index >= 15 is 0 Å². The van der Waals surface area contributed by atoms with Crippen LogP contribution in [0.5, 0.6) is 0 Å². The molecule has 0 bridgehead atoms. The van der Waals surface area contributed by atoms with Crippen molar-refractivity contribution in [3.05, 3.63) is 0 Å². The van der Waals surface area contributed by atoms with E-state index in [1.165, 1.54) is 0 Å². The van der Waals surface area contributed by atoms with Gasteiger partial charge in [-0.3, -0.25) is 0 Å². The first-order valence-corrected chi connectivity index (χ1v) is 8.18. The van der Waals surface area contributed by atoms with Crippen LogP contribution in [0.15, 0.2) is 0 Å². The maximum Gasteiger partial charge on any atom is 0.407 e. The number of nitrogens with one attached hydrogen (secondary N) is 2. The minimum atomic E-state index is -1.20. The third-order valence-corrected chi connectivity index (χ3v) is 3.84. The number of carbonyl (C=O) groups excluding carboxylic acids is 1. The zero-order valence-electron chi connectivity index (χ0n) is 14.1. The minimum absolute atomic E-state index is 0.231. The molecule has 0 fully saturated rings. The van der Waals surface area contributed by atoms with Crippen LogP contribution in [-0.2, 0) is 16.1 Å². The Morgan fingerprint density at radius 3 is 2.29 bits per heavy atom. The molecule has 5 nitrogen and oxygen atoms in total. The maximum atomic E-state index is 12.1. The summed E-state index contributed by atoms with van der Waals surface area (Å²) < 4.78 is 19.8. The zero-order valence-corrected chi connectivity index (χ0v) is 14.9. The quantitative estimate of drug-likeness (QED) is 0.603. The molecule has 0 aromatic heterocycles. The van der Waals surface area contributed by atoms with Crippen molar-refractivity contribution >= 4 is 17.5 Å². The molecule has 0 unspecified atom stereocenters. The highest BCUT2D eigenvalue weighted by molar-refractivity contribution is 7.90. The van der Waals surface area contributed by atoms with E-state index < -0.39 is 23.1 Å². The number of alkyl carbamates (subject to hydrolysis) is 1. The van der Waals surface area contributed by atoms with E-state index in [0.29, 0.717) is 13.0 Å². The van der Waals surface area contributed by atoms with Gasteiger partial charge >= 0.3 is 6.09 Å². The van der Waals surface area contributed by atoms with Crippen LogP contribution >= 0.6 is 0 Å². The summed E-state index contributed by atoms with van der Waals surface area (Å²) in [5.74, 6) is 5.77. The average Bonchev–Trinajstić information content (AvgIpc) is 2.25. The van der Waals surface area contributed by atoms with Crippen LogP contribution in [0, 0.1) is 11.8 Å². The second-order valence-electron chi connectivity index (χ2n) is 6.66. The molecule has 0 saturated heterocycles. The molecule has 122 valence electrons. The van der Waals surface area contributed by atoms with E-state index in [-0.39, 0.29) is 10.8 Å². The molecule has 6 heteroatoms. The lowest BCUT2D eigenvalue weighted by atomic mass is 10.2. The van der Waals surface area contributed by atoms with E-state index in [0.717, 1.165) is 0 Å². The van der Waals surface area contributed by atoms with Gasteiger partial charge in [0.1, 0.15) is 16.4 Å². The molecule has 0 rings (SSSR count). The van der Waals surface area contributed by atoms with Gasteiger partial charge in [-0.2, -0.15) is 0 Å². The molecule has 0 heterocycles. The van der Waals surface area contributed by atoms with Crippen LogP contribution in [0.2, 0.25) is 0 Å². The second kappa shape index (κ2) is 8.52. The summed E-state index contributed by atoms with van der Waals surface area (Å²) in [6.07, 6.45) is 0.102. The van der Waals surface area contributed by atoms with Crippen molar-refractivity contribution in [1.29, 1.82) is 0 Å². The fourth-order valence-corrected chi connectivity index (χ4v) is 2.06. The first-order valence-electron chi connectivity index (χ1n) is 7.03. The van der Waals surface area contributed by atoms with Crippen LogP contribution in [0.3, 0.4) is 0 Å². The average molecular weight is 316 g/mol. The summed E-state index contributed by atoms with van der Waals surface area (Å²) in [5.41, 5.74) is -0.515. The summed E-state index contributed by atoms with van der Waals surface area (Å²) in [7, 11) is 0. The summed E-state index contributed by atoms with van der Waals surface area (Å²) in [5, 5.41) is 2.67. The Hall–Kier alpha value is -0.900. The Bertz CT molecular complexity index is 388. The number of ether oxygens (including phenoxy) is 1. The van der Waals surface area contributed by atoms with Crippen molar-refractivity contribution in [3.63, 3.8) is 0 Å². The van der Waals surface area contributed by atoms with Gasteiger partial charge in [0, 0.05) is 17.9 Å². The van der Waals surface area contributed by atoms with Crippen molar-refractivity contribution in [2.75, 3.05) is 6.54 Å². The first kappa shape index (κ1) is 20.1. The van der Waals surface area contributed by atoms with Crippen molar-refractivity contribution < 1.29 is 14.1 Å². The summed E-state index contributed by atoms with van der Waals surface area (Å²) in [6.45, 7) is 13.3. The van der Waals surface area contributed by atoms with Crippen LogP contribution in [-0.4, -0.2) is 33.6 Å². The Morgan fingerprint density at radius 2 is 1.86 bits per heavy atom. The molecule has 0 radical (unpaired) electrons. The molecule has 0 aliphatic carbocycles. The maximum absolute atomic E-state index is 12.1. The Kier molecular flexibility index (Phi) is 8.16. The molecule has 2 atom stereocenters. The number of rotatable bonds is 5. The SMILES string of the molecule is CC#C[C@@H](CCNC(=O)OC(C)(C)C)N[S@+]([O-])C(C)(C)C. The van der Waals surface area contributed by atoms with Gasteiger partial charge in [0.15, 0.2) is 0 Å². The third-order valence-electron chi connectivity index (χ3n) is 2.23. The van der Waals surface area contributed by atoms with Crippen LogP contribution < -0.4 is 10.0 Å². The lowest BCUT2D eigenvalue weighted by molar-refractivity contribution is 0.0527. The highest BCUT2D eigenvalue weighted by Crippen LogP contribution is 2.14. The van der Waals surface area contributed by atoms with E-state index in [4.69, 9.17) is 4.74 Å². The molecule has 21 heavy (non-hydrogen) atoms. The predicted octanol–water partition coefficient (Wildman–Crippen LogP) is 2.34. The van der Waals surface area contributed by atoms with E-state index in [9.17, 15) is 9.35 Å². The standard InChI is InChI=1S/C15H28N2O3S/c1-8-9-12(17-21(19)15(5,6)7)10-11-16-13(18)20-14(2,3)4/h12,17H,10-11H2,1-7H3,(H,16,18)/t12-,21+/m0/s1. The number of hydrogen-bond donors (Lipinski definition) is 2. The molecule has 0 aliphatic heterocycles. The Labute approximate surface area is 131 Å². The normalized spacial score (nSPS) is 14.7. The van der Waals surface area contributed by atoms with Crippen LogP contribution in [0.25, 0.3) is 0 Å². The number of carbonyl (C=O) groups is 1. The Balaban J connectivity index is 4.28. The molecule has 2 N–H and O–H groups in total. The van der Waals surface area contributed by atoms with E-state index in [1.807, 2.05) is 41.5 Å². The molecule has 0 saturated carbocycles. The summed E-state index contributed by atoms with van der Waals surface area (Å²) in [4.78, 5) is 11.5. The molecule has 1 amide bonds. The van der Waals surface area contributed by atoms with Gasteiger partial charge < -0.3 is 14.6 Å². The van der Waals surface area contributed by atoms with Gasteiger partial charge in [-0.1, -0.05) is 5.92 Å². The van der Waals surface area contributed by atoms with E-state index in [2.05, 4.69) is 21.9 Å². The smallest absolute Gasteiger partial charge is 0.407 e. The van der Waals surface area contributed by atoms with E-state index in [1.54, 1.807) is 6.92 Å².